The van der Waals surface area contributed by atoms with Crippen LogP contribution in [0.1, 0.15) is 53.4 Å². The van der Waals surface area contributed by atoms with Gasteiger partial charge in [0.15, 0.2) is 0 Å². The number of nitrogens with zero attached hydrogens (tertiary/aromatic N) is 1. The molecule has 1 rings (SSSR count). The van der Waals surface area contributed by atoms with Crippen LogP contribution in [0.15, 0.2) is 17.3 Å². The van der Waals surface area contributed by atoms with Crippen LogP contribution in [0.2, 0.25) is 0 Å². The van der Waals surface area contributed by atoms with Crippen molar-refractivity contribution in [2.45, 2.75) is 71.1 Å². The van der Waals surface area contributed by atoms with Crippen LogP contribution in [-0.2, 0) is 0 Å². The van der Waals surface area contributed by atoms with Crippen molar-refractivity contribution >= 4 is 6.21 Å². The average Bonchev–Trinajstić information content (AvgIpc) is 2.43. The third kappa shape index (κ3) is 7.34. The predicted octanol–water partition coefficient (Wildman–Crippen LogP) is 4.29. The molecule has 0 heterocycles. The average molecular weight is 347 g/mol. The van der Waals surface area contributed by atoms with E-state index in [1.807, 2.05) is 13.8 Å². The highest BCUT2D eigenvalue weighted by Gasteiger charge is 2.41. The zero-order chi connectivity index (χ0) is 18.5. The summed E-state index contributed by atoms with van der Waals surface area (Å²) in [5.41, 5.74) is 6.11. The van der Waals surface area contributed by atoms with Gasteiger partial charge in [-0.25, -0.2) is 0 Å². The molecular weight excluding hydrogens is 315 g/mol. The molecule has 0 aromatic rings. The molecule has 0 bridgehead atoms. The van der Waals surface area contributed by atoms with Crippen LogP contribution in [-0.4, -0.2) is 30.5 Å². The number of nitrogens with two attached hydrogens (primary N) is 1. The topological polar surface area (TPSA) is 50.4 Å². The largest absolute Gasteiger partial charge is 0.391 e. The standard InChI is InChI=1S/C18H32F3N3/c1-12(2)16(13(3)24-11-17(4,5)22)23-10-14-6-8-15(9-7-14)18(19,20)21/h11-12,14-16,23H,3,6-10,22H2,1-2,4-5H3/t14?,15?,16-/m0/s1. The molecule has 0 aromatic heterocycles. The van der Waals surface area contributed by atoms with Gasteiger partial charge in [-0.1, -0.05) is 20.4 Å². The lowest BCUT2D eigenvalue weighted by Crippen LogP contribution is -2.40. The molecule has 0 aromatic carbocycles. The van der Waals surface area contributed by atoms with Crippen LogP contribution in [0.5, 0.6) is 0 Å². The summed E-state index contributed by atoms with van der Waals surface area (Å²) in [7, 11) is 0. The summed E-state index contributed by atoms with van der Waals surface area (Å²) < 4.78 is 38.2. The van der Waals surface area contributed by atoms with Crippen molar-refractivity contribution in [2.24, 2.45) is 28.5 Å². The van der Waals surface area contributed by atoms with Gasteiger partial charge in [-0.3, -0.25) is 4.99 Å². The normalized spacial score (nSPS) is 24.5. The third-order valence-electron chi connectivity index (χ3n) is 4.52. The van der Waals surface area contributed by atoms with Gasteiger partial charge in [0.1, 0.15) is 0 Å². The van der Waals surface area contributed by atoms with E-state index < -0.39 is 17.6 Å². The number of hydrogen-bond donors (Lipinski definition) is 2. The first kappa shape index (κ1) is 21.2. The quantitative estimate of drug-likeness (QED) is 0.675. The lowest BCUT2D eigenvalue weighted by molar-refractivity contribution is -0.183. The SMILES string of the molecule is C=C(N=CC(C)(C)N)[C@@H](NCC1CCC(C(F)(F)F)CC1)C(C)C. The highest BCUT2D eigenvalue weighted by atomic mass is 19.4. The van der Waals surface area contributed by atoms with Gasteiger partial charge in [0.05, 0.1) is 17.7 Å². The summed E-state index contributed by atoms with van der Waals surface area (Å²) in [6, 6.07) is 0.00365. The van der Waals surface area contributed by atoms with Crippen LogP contribution in [0.3, 0.4) is 0 Å². The number of rotatable bonds is 7. The molecule has 1 atom stereocenters. The molecular formula is C18H32F3N3. The van der Waals surface area contributed by atoms with E-state index in [0.29, 0.717) is 31.0 Å². The summed E-state index contributed by atoms with van der Waals surface area (Å²) in [6.07, 6.45) is -0.649. The Kier molecular flexibility index (Phi) is 7.47. The van der Waals surface area contributed by atoms with Gasteiger partial charge in [-0.2, -0.15) is 13.2 Å². The molecule has 140 valence electrons. The second kappa shape index (κ2) is 8.48. The third-order valence-corrected chi connectivity index (χ3v) is 4.52. The first-order valence-electron chi connectivity index (χ1n) is 8.73. The Morgan fingerprint density at radius 1 is 1.25 bits per heavy atom. The van der Waals surface area contributed by atoms with E-state index in [4.69, 9.17) is 5.73 Å². The summed E-state index contributed by atoms with van der Waals surface area (Å²) in [5.74, 6) is -0.546. The Hall–Kier alpha value is -0.880. The van der Waals surface area contributed by atoms with E-state index in [0.717, 1.165) is 0 Å². The Morgan fingerprint density at radius 3 is 2.21 bits per heavy atom. The van der Waals surface area contributed by atoms with Crippen molar-refractivity contribution in [3.63, 3.8) is 0 Å². The van der Waals surface area contributed by atoms with Gasteiger partial charge in [-0.05, 0) is 57.9 Å². The molecule has 0 spiro atoms. The van der Waals surface area contributed by atoms with E-state index in [2.05, 4.69) is 30.7 Å². The maximum atomic E-state index is 12.7. The number of nitrogens with one attached hydrogen (secondary N) is 1. The molecule has 0 radical (unpaired) electrons. The molecule has 6 heteroatoms. The zero-order valence-corrected chi connectivity index (χ0v) is 15.3. The van der Waals surface area contributed by atoms with Gasteiger partial charge in [0, 0.05) is 11.8 Å². The molecule has 0 aliphatic heterocycles. The predicted molar refractivity (Wildman–Crippen MR) is 94.0 cm³/mol. The van der Waals surface area contributed by atoms with Gasteiger partial charge in [0.25, 0.3) is 0 Å². The van der Waals surface area contributed by atoms with E-state index in [1.165, 1.54) is 0 Å². The maximum Gasteiger partial charge on any atom is 0.391 e. The van der Waals surface area contributed by atoms with Crippen LogP contribution in [0.4, 0.5) is 13.2 Å². The molecule has 1 fully saturated rings. The number of hydrogen-bond acceptors (Lipinski definition) is 3. The zero-order valence-electron chi connectivity index (χ0n) is 15.3. The van der Waals surface area contributed by atoms with Crippen molar-refractivity contribution < 1.29 is 13.2 Å². The lowest BCUT2D eigenvalue weighted by atomic mass is 9.81. The van der Waals surface area contributed by atoms with Gasteiger partial charge in [0.2, 0.25) is 0 Å². The van der Waals surface area contributed by atoms with Gasteiger partial charge in [-0.15, -0.1) is 0 Å². The van der Waals surface area contributed by atoms with E-state index in [-0.39, 0.29) is 24.8 Å². The van der Waals surface area contributed by atoms with E-state index in [9.17, 15) is 13.2 Å². The van der Waals surface area contributed by atoms with Gasteiger partial charge >= 0.3 is 6.18 Å². The molecule has 1 saturated carbocycles. The summed E-state index contributed by atoms with van der Waals surface area (Å²) in [5, 5.41) is 3.44. The maximum absolute atomic E-state index is 12.7. The minimum absolute atomic E-state index is 0.00365. The lowest BCUT2D eigenvalue weighted by Gasteiger charge is -2.32. The smallest absolute Gasteiger partial charge is 0.321 e. The van der Waals surface area contributed by atoms with Crippen molar-refractivity contribution in [1.82, 2.24) is 5.32 Å². The summed E-state index contributed by atoms with van der Waals surface area (Å²) >= 11 is 0. The molecule has 1 aliphatic carbocycles. The molecule has 24 heavy (non-hydrogen) atoms. The second-order valence-electron chi connectivity index (χ2n) is 7.96. The summed E-state index contributed by atoms with van der Waals surface area (Å²) in [6.45, 7) is 12.6. The van der Waals surface area contributed by atoms with Crippen molar-refractivity contribution in [1.29, 1.82) is 0 Å². The Bertz CT molecular complexity index is 428. The molecule has 3 N–H and O–H groups in total. The molecule has 0 unspecified atom stereocenters. The molecule has 0 amide bonds. The van der Waals surface area contributed by atoms with Gasteiger partial charge < -0.3 is 11.1 Å². The minimum atomic E-state index is -4.04. The fourth-order valence-corrected chi connectivity index (χ4v) is 3.06. The molecule has 3 nitrogen and oxygen atoms in total. The minimum Gasteiger partial charge on any atom is -0.321 e. The van der Waals surface area contributed by atoms with Crippen molar-refractivity contribution in [2.75, 3.05) is 6.54 Å². The van der Waals surface area contributed by atoms with Crippen LogP contribution >= 0.6 is 0 Å². The summed E-state index contributed by atoms with van der Waals surface area (Å²) in [4.78, 5) is 4.37. The first-order chi connectivity index (χ1) is 10.9. The van der Waals surface area contributed by atoms with Crippen molar-refractivity contribution in [3.05, 3.63) is 12.3 Å². The fraction of sp³-hybridized carbons (Fsp3) is 0.833. The van der Waals surface area contributed by atoms with Crippen LogP contribution in [0.25, 0.3) is 0 Å². The van der Waals surface area contributed by atoms with Crippen LogP contribution < -0.4 is 11.1 Å². The second-order valence-corrected chi connectivity index (χ2v) is 7.96. The Labute approximate surface area is 144 Å². The Balaban J connectivity index is 2.51. The molecule has 0 saturated heterocycles. The monoisotopic (exact) mass is 347 g/mol. The first-order valence-corrected chi connectivity index (χ1v) is 8.73. The van der Waals surface area contributed by atoms with E-state index >= 15 is 0 Å². The molecule has 1 aliphatic rings. The van der Waals surface area contributed by atoms with Crippen LogP contribution in [0, 0.1) is 17.8 Å². The van der Waals surface area contributed by atoms with Crippen molar-refractivity contribution in [3.8, 4) is 0 Å². The fourth-order valence-electron chi connectivity index (χ4n) is 3.06. The highest BCUT2D eigenvalue weighted by molar-refractivity contribution is 5.69. The number of aliphatic imine (C=N–C) groups is 1. The Morgan fingerprint density at radius 2 is 1.79 bits per heavy atom. The van der Waals surface area contributed by atoms with E-state index in [1.54, 1.807) is 6.21 Å². The number of alkyl halides is 3. The highest BCUT2D eigenvalue weighted by Crippen LogP contribution is 2.39. The number of halogens is 3.